The van der Waals surface area contributed by atoms with E-state index in [1.165, 1.54) is 0 Å². The zero-order valence-electron chi connectivity index (χ0n) is 19.7. The molecule has 0 aliphatic heterocycles. The second-order valence-electron chi connectivity index (χ2n) is 7.99. The molecule has 0 spiro atoms. The zero-order chi connectivity index (χ0) is 25.5. The second kappa shape index (κ2) is 10.8. The Labute approximate surface area is 209 Å². The molecule has 4 aromatic rings. The third-order valence-corrected chi connectivity index (χ3v) is 5.30. The van der Waals surface area contributed by atoms with E-state index in [2.05, 4.69) is 21.5 Å². The van der Waals surface area contributed by atoms with E-state index in [1.807, 2.05) is 26.0 Å². The third kappa shape index (κ3) is 5.99. The maximum atomic E-state index is 12.7. The molecule has 0 atom stereocenters. The Balaban J connectivity index is 1.43. The number of nitriles is 1. The molecule has 0 bridgehead atoms. The Morgan fingerprint density at radius 1 is 0.778 bits per heavy atom. The number of nitrogens with zero attached hydrogens (tertiary/aromatic N) is 2. The second-order valence-corrected chi connectivity index (χ2v) is 7.99. The summed E-state index contributed by atoms with van der Waals surface area (Å²) in [6.45, 7) is 10.9. The molecule has 7 nitrogen and oxygen atoms in total. The van der Waals surface area contributed by atoms with Crippen molar-refractivity contribution in [1.29, 1.82) is 5.26 Å². The van der Waals surface area contributed by atoms with Crippen molar-refractivity contribution in [3.8, 4) is 29.1 Å². The number of hydrogen-bond acceptors (Lipinski definition) is 4. The fraction of sp³-hybridized carbons (Fsp3) is 0.0690. The van der Waals surface area contributed by atoms with Crippen molar-refractivity contribution in [2.24, 2.45) is 0 Å². The maximum absolute atomic E-state index is 12.7. The van der Waals surface area contributed by atoms with Crippen LogP contribution in [0, 0.1) is 31.8 Å². The van der Waals surface area contributed by atoms with Gasteiger partial charge in [0.15, 0.2) is 5.69 Å². The molecule has 0 radical (unpaired) electrons. The van der Waals surface area contributed by atoms with E-state index in [0.29, 0.717) is 45.6 Å². The van der Waals surface area contributed by atoms with Gasteiger partial charge in [0.1, 0.15) is 23.0 Å². The highest BCUT2D eigenvalue weighted by atomic mass is 16.5. The molecule has 0 unspecified atom stereocenters. The van der Waals surface area contributed by atoms with Crippen molar-refractivity contribution in [3.63, 3.8) is 0 Å². The van der Waals surface area contributed by atoms with Crippen molar-refractivity contribution in [1.82, 2.24) is 0 Å². The van der Waals surface area contributed by atoms with Gasteiger partial charge in [0.2, 0.25) is 0 Å². The Hall–Kier alpha value is -5.27. The number of benzene rings is 4. The van der Waals surface area contributed by atoms with E-state index < -0.39 is 6.03 Å². The Morgan fingerprint density at radius 3 is 1.69 bits per heavy atom. The highest BCUT2D eigenvalue weighted by molar-refractivity contribution is 6.00. The van der Waals surface area contributed by atoms with Crippen molar-refractivity contribution in [2.45, 2.75) is 13.8 Å². The molecular formula is C29H22N4O3. The van der Waals surface area contributed by atoms with Gasteiger partial charge >= 0.3 is 6.03 Å². The SMILES string of the molecule is [C-]#[N+]c1ccc(Oc2cc(NC(=O)Nc3ccc(C)c(Oc4ccc(C#N)cc4)c3)ccc2C)cc1. The summed E-state index contributed by atoms with van der Waals surface area (Å²) in [5, 5.41) is 14.6. The minimum absolute atomic E-state index is 0.417. The Bertz CT molecular complexity index is 1370. The molecule has 0 heterocycles. The summed E-state index contributed by atoms with van der Waals surface area (Å²) in [4.78, 5) is 16.0. The smallest absolute Gasteiger partial charge is 0.323 e. The van der Waals surface area contributed by atoms with Crippen LogP contribution in [-0.2, 0) is 0 Å². The fourth-order valence-electron chi connectivity index (χ4n) is 3.31. The van der Waals surface area contributed by atoms with Gasteiger partial charge in [0.25, 0.3) is 0 Å². The number of rotatable bonds is 6. The van der Waals surface area contributed by atoms with Gasteiger partial charge in [-0.2, -0.15) is 5.26 Å². The largest absolute Gasteiger partial charge is 0.457 e. The molecule has 2 amide bonds. The number of anilines is 2. The van der Waals surface area contributed by atoms with Gasteiger partial charge in [0.05, 0.1) is 18.2 Å². The van der Waals surface area contributed by atoms with Gasteiger partial charge in [-0.3, -0.25) is 0 Å². The molecule has 0 aromatic heterocycles. The molecular weight excluding hydrogens is 452 g/mol. The van der Waals surface area contributed by atoms with E-state index in [1.54, 1.807) is 72.8 Å². The number of carbonyl (C=O) groups is 1. The number of nitrogens with one attached hydrogen (secondary N) is 2. The van der Waals surface area contributed by atoms with Crippen LogP contribution in [0.5, 0.6) is 23.0 Å². The monoisotopic (exact) mass is 474 g/mol. The lowest BCUT2D eigenvalue weighted by Gasteiger charge is -2.14. The van der Waals surface area contributed by atoms with E-state index in [4.69, 9.17) is 21.3 Å². The van der Waals surface area contributed by atoms with Crippen LogP contribution in [-0.4, -0.2) is 6.03 Å². The quantitative estimate of drug-likeness (QED) is 0.278. The molecule has 0 aliphatic carbocycles. The number of amides is 2. The maximum Gasteiger partial charge on any atom is 0.323 e. The van der Waals surface area contributed by atoms with Crippen LogP contribution in [0.1, 0.15) is 16.7 Å². The van der Waals surface area contributed by atoms with Crippen LogP contribution in [0.4, 0.5) is 21.9 Å². The van der Waals surface area contributed by atoms with Gasteiger partial charge in [0, 0.05) is 23.5 Å². The normalized spacial score (nSPS) is 10.0. The molecule has 0 saturated carbocycles. The van der Waals surface area contributed by atoms with E-state index in [0.717, 1.165) is 11.1 Å². The van der Waals surface area contributed by atoms with Gasteiger partial charge < -0.3 is 20.1 Å². The van der Waals surface area contributed by atoms with Crippen LogP contribution in [0.3, 0.4) is 0 Å². The van der Waals surface area contributed by atoms with Crippen LogP contribution >= 0.6 is 0 Å². The minimum Gasteiger partial charge on any atom is -0.457 e. The van der Waals surface area contributed by atoms with Crippen molar-refractivity contribution >= 4 is 23.1 Å². The molecule has 176 valence electrons. The van der Waals surface area contributed by atoms with Gasteiger partial charge in [-0.05, 0) is 73.5 Å². The summed E-state index contributed by atoms with van der Waals surface area (Å²) in [5.74, 6) is 2.38. The molecule has 4 aromatic carbocycles. The van der Waals surface area contributed by atoms with E-state index in [-0.39, 0.29) is 0 Å². The van der Waals surface area contributed by atoms with E-state index in [9.17, 15) is 4.79 Å². The van der Waals surface area contributed by atoms with Crippen molar-refractivity contribution in [3.05, 3.63) is 113 Å². The zero-order valence-corrected chi connectivity index (χ0v) is 19.7. The summed E-state index contributed by atoms with van der Waals surface area (Å²) in [7, 11) is 0. The molecule has 0 fully saturated rings. The lowest BCUT2D eigenvalue weighted by molar-refractivity contribution is 0.262. The summed E-state index contributed by atoms with van der Waals surface area (Å²) in [6.07, 6.45) is 0. The standard InChI is InChI=1S/C29H22N4O3/c1-19-4-8-23(16-27(19)35-25-12-6-21(18-30)7-13-25)32-29(34)33-24-9-5-20(2)28(17-24)36-26-14-10-22(31-3)11-15-26/h4-17H,1-2H3,(H2,32,33,34). The number of ether oxygens (including phenoxy) is 2. The first kappa shape index (κ1) is 23.9. The van der Waals surface area contributed by atoms with Gasteiger partial charge in [-0.15, -0.1) is 0 Å². The molecule has 0 saturated heterocycles. The highest BCUT2D eigenvalue weighted by Gasteiger charge is 2.09. The lowest BCUT2D eigenvalue weighted by atomic mass is 10.2. The lowest BCUT2D eigenvalue weighted by Crippen LogP contribution is -2.19. The first-order valence-corrected chi connectivity index (χ1v) is 11.1. The van der Waals surface area contributed by atoms with Crippen LogP contribution < -0.4 is 20.1 Å². The number of aryl methyl sites for hydroxylation is 2. The van der Waals surface area contributed by atoms with Crippen molar-refractivity contribution in [2.75, 3.05) is 10.6 Å². The van der Waals surface area contributed by atoms with Gasteiger partial charge in [-0.1, -0.05) is 24.3 Å². The molecule has 7 heteroatoms. The highest BCUT2D eigenvalue weighted by Crippen LogP contribution is 2.30. The number of urea groups is 1. The average Bonchev–Trinajstić information content (AvgIpc) is 2.89. The first-order chi connectivity index (χ1) is 17.4. The number of hydrogen-bond donors (Lipinski definition) is 2. The van der Waals surface area contributed by atoms with Gasteiger partial charge in [-0.25, -0.2) is 9.64 Å². The van der Waals surface area contributed by atoms with Crippen LogP contribution in [0.2, 0.25) is 0 Å². The predicted molar refractivity (Wildman–Crippen MR) is 139 cm³/mol. The molecule has 4 rings (SSSR count). The minimum atomic E-state index is -0.417. The fourth-order valence-corrected chi connectivity index (χ4v) is 3.31. The van der Waals surface area contributed by atoms with E-state index >= 15 is 0 Å². The molecule has 36 heavy (non-hydrogen) atoms. The first-order valence-electron chi connectivity index (χ1n) is 11.1. The van der Waals surface area contributed by atoms with Crippen molar-refractivity contribution < 1.29 is 14.3 Å². The summed E-state index contributed by atoms with van der Waals surface area (Å²) in [6, 6.07) is 26.1. The third-order valence-electron chi connectivity index (χ3n) is 5.30. The molecule has 2 N–H and O–H groups in total. The summed E-state index contributed by atoms with van der Waals surface area (Å²) >= 11 is 0. The summed E-state index contributed by atoms with van der Waals surface area (Å²) in [5.41, 5.74) is 4.01. The topological polar surface area (TPSA) is 87.7 Å². The van der Waals surface area contributed by atoms with Crippen LogP contribution in [0.15, 0.2) is 84.9 Å². The number of carbonyl (C=O) groups excluding carboxylic acids is 1. The summed E-state index contributed by atoms with van der Waals surface area (Å²) < 4.78 is 11.9. The predicted octanol–water partition coefficient (Wildman–Crippen LogP) is 7.95. The Kier molecular flexibility index (Phi) is 7.14. The Morgan fingerprint density at radius 2 is 1.25 bits per heavy atom. The average molecular weight is 475 g/mol. The molecule has 0 aliphatic rings. The van der Waals surface area contributed by atoms with Crippen LogP contribution in [0.25, 0.3) is 4.85 Å².